The number of rotatable bonds is 6. The summed E-state index contributed by atoms with van der Waals surface area (Å²) >= 11 is 3.23. The van der Waals surface area contributed by atoms with Crippen LogP contribution >= 0.6 is 15.9 Å². The Balaban J connectivity index is 3.32. The first kappa shape index (κ1) is 12.0. The molecule has 0 aliphatic heterocycles. The Kier molecular flexibility index (Phi) is 7.64. The summed E-state index contributed by atoms with van der Waals surface area (Å²) in [5.74, 6) is 2.47. The van der Waals surface area contributed by atoms with Crippen LogP contribution in [0.4, 0.5) is 0 Å². The minimum Gasteiger partial charge on any atom is -0.391 e. The van der Waals surface area contributed by atoms with E-state index in [1.165, 1.54) is 19.3 Å². The first-order valence-electron chi connectivity index (χ1n) is 4.50. The van der Waals surface area contributed by atoms with E-state index in [2.05, 4.69) is 28.8 Å². The zero-order valence-corrected chi connectivity index (χ0v) is 9.18. The number of terminal acetylenes is 1. The molecule has 0 aromatic heterocycles. The molecule has 0 aliphatic carbocycles. The van der Waals surface area contributed by atoms with Gasteiger partial charge in [0, 0.05) is 0 Å². The van der Waals surface area contributed by atoms with Gasteiger partial charge >= 0.3 is 0 Å². The number of aliphatic hydroxyl groups is 1. The van der Waals surface area contributed by atoms with E-state index in [4.69, 9.17) is 6.42 Å². The van der Waals surface area contributed by atoms with Crippen molar-refractivity contribution in [3.8, 4) is 12.3 Å². The molecular weight excluding hydrogens is 216 g/mol. The van der Waals surface area contributed by atoms with E-state index >= 15 is 0 Å². The monoisotopic (exact) mass is 232 g/mol. The second-order valence-electron chi connectivity index (χ2n) is 2.99. The Morgan fingerprint density at radius 3 is 2.58 bits per heavy atom. The SMILES string of the molecule is C#C[C@H](Br)[C@H](O)CCCCCC. The fourth-order valence-corrected chi connectivity index (χ4v) is 1.30. The Bertz CT molecular complexity index is 139. The van der Waals surface area contributed by atoms with Crippen LogP contribution in [0, 0.1) is 12.3 Å². The van der Waals surface area contributed by atoms with Gasteiger partial charge in [0.1, 0.15) is 4.83 Å². The summed E-state index contributed by atoms with van der Waals surface area (Å²) in [5.41, 5.74) is 0. The molecule has 0 aromatic rings. The van der Waals surface area contributed by atoms with Crippen LogP contribution in [0.5, 0.6) is 0 Å². The molecule has 0 heterocycles. The van der Waals surface area contributed by atoms with Crippen molar-refractivity contribution >= 4 is 15.9 Å². The predicted octanol–water partition coefficient (Wildman–Crippen LogP) is 2.71. The van der Waals surface area contributed by atoms with Crippen molar-refractivity contribution in [2.45, 2.75) is 50.0 Å². The highest BCUT2D eigenvalue weighted by atomic mass is 79.9. The van der Waals surface area contributed by atoms with E-state index in [0.29, 0.717) is 0 Å². The second kappa shape index (κ2) is 7.64. The molecule has 70 valence electrons. The molecule has 1 nitrogen and oxygen atoms in total. The fourth-order valence-electron chi connectivity index (χ4n) is 1.04. The number of alkyl halides is 1. The third-order valence-corrected chi connectivity index (χ3v) is 2.73. The predicted molar refractivity (Wildman–Crippen MR) is 56.3 cm³/mol. The smallest absolute Gasteiger partial charge is 0.101 e. The molecule has 2 heteroatoms. The first-order valence-corrected chi connectivity index (χ1v) is 5.42. The van der Waals surface area contributed by atoms with Gasteiger partial charge in [-0.05, 0) is 6.42 Å². The van der Waals surface area contributed by atoms with E-state index < -0.39 is 0 Å². The van der Waals surface area contributed by atoms with Crippen LogP contribution in [0.2, 0.25) is 0 Å². The Morgan fingerprint density at radius 2 is 2.08 bits per heavy atom. The maximum absolute atomic E-state index is 9.43. The Morgan fingerprint density at radius 1 is 1.42 bits per heavy atom. The highest BCUT2D eigenvalue weighted by Gasteiger charge is 2.11. The van der Waals surface area contributed by atoms with Gasteiger partial charge in [-0.2, -0.15) is 0 Å². The number of unbranched alkanes of at least 4 members (excludes halogenated alkanes) is 3. The van der Waals surface area contributed by atoms with Crippen LogP contribution in [0.25, 0.3) is 0 Å². The first-order chi connectivity index (χ1) is 5.72. The Labute approximate surface area is 83.7 Å². The molecule has 0 saturated heterocycles. The molecule has 12 heavy (non-hydrogen) atoms. The molecule has 0 aromatic carbocycles. The summed E-state index contributed by atoms with van der Waals surface area (Å²) in [4.78, 5) is -0.181. The van der Waals surface area contributed by atoms with Gasteiger partial charge in [-0.3, -0.25) is 0 Å². The third-order valence-electron chi connectivity index (χ3n) is 1.85. The largest absolute Gasteiger partial charge is 0.391 e. The quantitative estimate of drug-likeness (QED) is 0.425. The zero-order chi connectivity index (χ0) is 9.40. The van der Waals surface area contributed by atoms with Crippen molar-refractivity contribution in [1.82, 2.24) is 0 Å². The zero-order valence-electron chi connectivity index (χ0n) is 7.59. The Hall–Kier alpha value is -0.0000000000000000208. The molecule has 0 rings (SSSR count). The fraction of sp³-hybridized carbons (Fsp3) is 0.800. The van der Waals surface area contributed by atoms with Gasteiger partial charge < -0.3 is 5.11 Å². The van der Waals surface area contributed by atoms with Crippen molar-refractivity contribution < 1.29 is 5.11 Å². The molecule has 0 saturated carbocycles. The van der Waals surface area contributed by atoms with Gasteiger partial charge in [-0.15, -0.1) is 6.42 Å². The van der Waals surface area contributed by atoms with Crippen LogP contribution in [0.1, 0.15) is 39.0 Å². The third kappa shape index (κ3) is 5.62. The molecule has 0 spiro atoms. The van der Waals surface area contributed by atoms with Gasteiger partial charge in [0.15, 0.2) is 0 Å². The average Bonchev–Trinajstić information content (AvgIpc) is 2.10. The lowest BCUT2D eigenvalue weighted by Gasteiger charge is -2.11. The van der Waals surface area contributed by atoms with Gasteiger partial charge in [0.05, 0.1) is 6.10 Å². The molecule has 0 aliphatic rings. The van der Waals surface area contributed by atoms with Crippen molar-refractivity contribution in [2.75, 3.05) is 0 Å². The highest BCUT2D eigenvalue weighted by molar-refractivity contribution is 9.09. The summed E-state index contributed by atoms with van der Waals surface area (Å²) in [6.45, 7) is 2.17. The van der Waals surface area contributed by atoms with Crippen LogP contribution in [0.3, 0.4) is 0 Å². The topological polar surface area (TPSA) is 20.2 Å². The molecule has 0 bridgehead atoms. The highest BCUT2D eigenvalue weighted by Crippen LogP contribution is 2.12. The van der Waals surface area contributed by atoms with Gasteiger partial charge in [-0.1, -0.05) is 54.5 Å². The molecule has 0 radical (unpaired) electrons. The number of aliphatic hydroxyl groups excluding tert-OH is 1. The van der Waals surface area contributed by atoms with Crippen molar-refractivity contribution in [3.05, 3.63) is 0 Å². The lowest BCUT2D eigenvalue weighted by molar-refractivity contribution is 0.172. The van der Waals surface area contributed by atoms with Crippen molar-refractivity contribution in [1.29, 1.82) is 0 Å². The summed E-state index contributed by atoms with van der Waals surface area (Å²) in [6, 6.07) is 0. The van der Waals surface area contributed by atoms with E-state index in [9.17, 15) is 5.11 Å². The molecule has 0 fully saturated rings. The summed E-state index contributed by atoms with van der Waals surface area (Å²) in [7, 11) is 0. The molecule has 0 unspecified atom stereocenters. The summed E-state index contributed by atoms with van der Waals surface area (Å²) in [5, 5.41) is 9.43. The standard InChI is InChI=1S/C10H17BrO/c1-3-5-6-7-8-10(12)9(11)4-2/h2,9-10,12H,3,5-8H2,1H3/t9-,10+/m0/s1. The maximum atomic E-state index is 9.43. The van der Waals surface area contributed by atoms with Crippen LogP contribution in [0.15, 0.2) is 0 Å². The van der Waals surface area contributed by atoms with Crippen LogP contribution in [-0.2, 0) is 0 Å². The average molecular weight is 233 g/mol. The van der Waals surface area contributed by atoms with Crippen LogP contribution in [-0.4, -0.2) is 16.0 Å². The van der Waals surface area contributed by atoms with Crippen molar-refractivity contribution in [2.24, 2.45) is 0 Å². The van der Waals surface area contributed by atoms with E-state index in [1.54, 1.807) is 0 Å². The van der Waals surface area contributed by atoms with Gasteiger partial charge in [-0.25, -0.2) is 0 Å². The van der Waals surface area contributed by atoms with Crippen molar-refractivity contribution in [3.63, 3.8) is 0 Å². The molecule has 2 atom stereocenters. The van der Waals surface area contributed by atoms with Crippen LogP contribution < -0.4 is 0 Å². The lowest BCUT2D eigenvalue weighted by Crippen LogP contribution is -2.18. The minimum absolute atomic E-state index is 0.181. The number of hydrogen-bond donors (Lipinski definition) is 1. The number of hydrogen-bond acceptors (Lipinski definition) is 1. The molecular formula is C10H17BrO. The van der Waals surface area contributed by atoms with Gasteiger partial charge in [0.25, 0.3) is 0 Å². The minimum atomic E-state index is -0.383. The summed E-state index contributed by atoms with van der Waals surface area (Å²) in [6.07, 6.45) is 10.3. The van der Waals surface area contributed by atoms with Gasteiger partial charge in [0.2, 0.25) is 0 Å². The molecule has 0 amide bonds. The molecule has 1 N–H and O–H groups in total. The normalized spacial score (nSPS) is 15.2. The summed E-state index contributed by atoms with van der Waals surface area (Å²) < 4.78 is 0. The maximum Gasteiger partial charge on any atom is 0.101 e. The van der Waals surface area contributed by atoms with E-state index in [1.807, 2.05) is 0 Å². The number of halogens is 1. The van der Waals surface area contributed by atoms with E-state index in [-0.39, 0.29) is 10.9 Å². The van der Waals surface area contributed by atoms with E-state index in [0.717, 1.165) is 12.8 Å². The lowest BCUT2D eigenvalue weighted by atomic mass is 10.1. The second-order valence-corrected chi connectivity index (χ2v) is 3.97.